The zero-order valence-corrected chi connectivity index (χ0v) is 8.20. The maximum absolute atomic E-state index is 5.20. The van der Waals surface area contributed by atoms with Gasteiger partial charge in [0.1, 0.15) is 11.5 Å². The SMILES string of the molecule is COc1ccc2c(OC)[c]ccc2c1. The van der Waals surface area contributed by atoms with Crippen LogP contribution < -0.4 is 9.47 Å². The van der Waals surface area contributed by atoms with Crippen molar-refractivity contribution in [2.75, 3.05) is 14.2 Å². The fraction of sp³-hybridized carbons (Fsp3) is 0.167. The summed E-state index contributed by atoms with van der Waals surface area (Å²) in [5.74, 6) is 1.62. The van der Waals surface area contributed by atoms with Gasteiger partial charge in [-0.2, -0.15) is 0 Å². The number of methoxy groups -OCH3 is 2. The van der Waals surface area contributed by atoms with Crippen molar-refractivity contribution < 1.29 is 9.47 Å². The number of rotatable bonds is 2. The molecule has 0 spiro atoms. The highest BCUT2D eigenvalue weighted by Gasteiger charge is 2.01. The number of ether oxygens (including phenoxy) is 2. The van der Waals surface area contributed by atoms with Gasteiger partial charge in [0.2, 0.25) is 0 Å². The van der Waals surface area contributed by atoms with E-state index in [1.54, 1.807) is 14.2 Å². The molecule has 0 atom stereocenters. The lowest BCUT2D eigenvalue weighted by molar-refractivity contribution is 0.414. The molecule has 0 aliphatic carbocycles. The molecule has 0 aliphatic rings. The van der Waals surface area contributed by atoms with Gasteiger partial charge in [0.05, 0.1) is 14.2 Å². The highest BCUT2D eigenvalue weighted by Crippen LogP contribution is 2.27. The van der Waals surface area contributed by atoms with Crippen LogP contribution in [0.2, 0.25) is 0 Å². The van der Waals surface area contributed by atoms with E-state index in [4.69, 9.17) is 9.47 Å². The van der Waals surface area contributed by atoms with Crippen LogP contribution in [0.15, 0.2) is 30.3 Å². The average molecular weight is 187 g/mol. The van der Waals surface area contributed by atoms with Gasteiger partial charge in [0, 0.05) is 11.5 Å². The van der Waals surface area contributed by atoms with E-state index < -0.39 is 0 Å². The molecule has 0 bridgehead atoms. The Morgan fingerprint density at radius 3 is 2.64 bits per heavy atom. The third kappa shape index (κ3) is 1.39. The van der Waals surface area contributed by atoms with Gasteiger partial charge in [0.25, 0.3) is 0 Å². The lowest BCUT2D eigenvalue weighted by Gasteiger charge is -2.06. The second-order valence-electron chi connectivity index (χ2n) is 2.96. The van der Waals surface area contributed by atoms with Crippen LogP contribution in [-0.4, -0.2) is 14.2 Å². The maximum atomic E-state index is 5.20. The molecule has 0 aromatic heterocycles. The quantitative estimate of drug-likeness (QED) is 0.719. The second-order valence-corrected chi connectivity index (χ2v) is 2.96. The number of benzene rings is 2. The first kappa shape index (κ1) is 8.88. The third-order valence-corrected chi connectivity index (χ3v) is 2.18. The lowest BCUT2D eigenvalue weighted by Crippen LogP contribution is -1.86. The van der Waals surface area contributed by atoms with Gasteiger partial charge in [0.15, 0.2) is 0 Å². The largest absolute Gasteiger partial charge is 0.497 e. The molecule has 14 heavy (non-hydrogen) atoms. The molecular formula is C12H11O2. The molecule has 0 unspecified atom stereocenters. The molecule has 0 aliphatic heterocycles. The summed E-state index contributed by atoms with van der Waals surface area (Å²) in [6, 6.07) is 12.7. The number of hydrogen-bond donors (Lipinski definition) is 0. The summed E-state index contributed by atoms with van der Waals surface area (Å²) in [6.45, 7) is 0. The predicted octanol–water partition coefficient (Wildman–Crippen LogP) is 2.66. The summed E-state index contributed by atoms with van der Waals surface area (Å²) in [4.78, 5) is 0. The normalized spacial score (nSPS) is 10.1. The summed E-state index contributed by atoms with van der Waals surface area (Å²) >= 11 is 0. The Morgan fingerprint density at radius 1 is 1.07 bits per heavy atom. The molecule has 0 saturated carbocycles. The van der Waals surface area contributed by atoms with Gasteiger partial charge in [-0.25, -0.2) is 0 Å². The van der Waals surface area contributed by atoms with Crippen LogP contribution in [0.25, 0.3) is 10.8 Å². The first-order valence-corrected chi connectivity index (χ1v) is 4.37. The molecule has 0 N–H and O–H groups in total. The summed E-state index contributed by atoms with van der Waals surface area (Å²) in [5.41, 5.74) is 0. The third-order valence-electron chi connectivity index (χ3n) is 2.18. The van der Waals surface area contributed by atoms with E-state index in [9.17, 15) is 0 Å². The van der Waals surface area contributed by atoms with Gasteiger partial charge in [-0.15, -0.1) is 0 Å². The minimum atomic E-state index is 0.769. The first-order valence-electron chi connectivity index (χ1n) is 4.37. The fourth-order valence-electron chi connectivity index (χ4n) is 1.47. The highest BCUT2D eigenvalue weighted by atomic mass is 16.5. The van der Waals surface area contributed by atoms with E-state index in [-0.39, 0.29) is 0 Å². The van der Waals surface area contributed by atoms with Crippen molar-refractivity contribution in [3.05, 3.63) is 36.4 Å². The van der Waals surface area contributed by atoms with Crippen molar-refractivity contribution >= 4 is 10.8 Å². The summed E-state index contributed by atoms with van der Waals surface area (Å²) < 4.78 is 10.3. The minimum Gasteiger partial charge on any atom is -0.497 e. The maximum Gasteiger partial charge on any atom is 0.134 e. The summed E-state index contributed by atoms with van der Waals surface area (Å²) in [5, 5.41) is 2.15. The minimum absolute atomic E-state index is 0.769. The molecule has 0 heterocycles. The van der Waals surface area contributed by atoms with Gasteiger partial charge in [-0.05, 0) is 29.7 Å². The molecule has 0 saturated heterocycles. The van der Waals surface area contributed by atoms with Gasteiger partial charge >= 0.3 is 0 Å². The van der Waals surface area contributed by atoms with Gasteiger partial charge in [-0.1, -0.05) is 6.07 Å². The molecule has 2 heteroatoms. The predicted molar refractivity (Wildman–Crippen MR) is 55.9 cm³/mol. The van der Waals surface area contributed by atoms with Crippen molar-refractivity contribution in [1.82, 2.24) is 0 Å². The molecule has 71 valence electrons. The molecule has 2 nitrogen and oxygen atoms in total. The second kappa shape index (κ2) is 3.58. The molecule has 2 rings (SSSR count). The Balaban J connectivity index is 2.67. The summed E-state index contributed by atoms with van der Waals surface area (Å²) in [6.07, 6.45) is 0. The Labute approximate surface area is 83.1 Å². The van der Waals surface area contributed by atoms with Crippen molar-refractivity contribution in [3.8, 4) is 11.5 Å². The van der Waals surface area contributed by atoms with Crippen molar-refractivity contribution in [3.63, 3.8) is 0 Å². The number of fused-ring (bicyclic) bond motifs is 1. The van der Waals surface area contributed by atoms with Crippen molar-refractivity contribution in [2.24, 2.45) is 0 Å². The van der Waals surface area contributed by atoms with E-state index in [0.29, 0.717) is 0 Å². The van der Waals surface area contributed by atoms with E-state index >= 15 is 0 Å². The van der Waals surface area contributed by atoms with E-state index in [1.807, 2.05) is 30.3 Å². The van der Waals surface area contributed by atoms with Crippen LogP contribution in [-0.2, 0) is 0 Å². The monoisotopic (exact) mass is 187 g/mol. The Kier molecular flexibility index (Phi) is 2.27. The van der Waals surface area contributed by atoms with Crippen LogP contribution in [0.3, 0.4) is 0 Å². The van der Waals surface area contributed by atoms with Crippen LogP contribution in [0.1, 0.15) is 0 Å². The Morgan fingerprint density at radius 2 is 1.93 bits per heavy atom. The fourth-order valence-corrected chi connectivity index (χ4v) is 1.47. The summed E-state index contributed by atoms with van der Waals surface area (Å²) in [7, 11) is 3.31. The zero-order valence-electron chi connectivity index (χ0n) is 8.20. The Bertz CT molecular complexity index is 449. The lowest BCUT2D eigenvalue weighted by atomic mass is 10.1. The topological polar surface area (TPSA) is 18.5 Å². The van der Waals surface area contributed by atoms with Gasteiger partial charge < -0.3 is 9.47 Å². The molecule has 1 radical (unpaired) electrons. The number of hydrogen-bond acceptors (Lipinski definition) is 2. The van der Waals surface area contributed by atoms with E-state index in [0.717, 1.165) is 22.3 Å². The van der Waals surface area contributed by atoms with Crippen LogP contribution in [0.5, 0.6) is 11.5 Å². The molecule has 2 aromatic carbocycles. The molecular weight excluding hydrogens is 176 g/mol. The molecule has 0 fully saturated rings. The highest BCUT2D eigenvalue weighted by molar-refractivity contribution is 5.89. The van der Waals surface area contributed by atoms with E-state index in [1.165, 1.54) is 0 Å². The smallest absolute Gasteiger partial charge is 0.134 e. The molecule has 0 amide bonds. The molecule has 2 aromatic rings. The van der Waals surface area contributed by atoms with Crippen LogP contribution in [0.4, 0.5) is 0 Å². The van der Waals surface area contributed by atoms with Crippen LogP contribution in [0, 0.1) is 6.07 Å². The zero-order chi connectivity index (χ0) is 9.97. The first-order chi connectivity index (χ1) is 6.85. The Hall–Kier alpha value is -1.70. The van der Waals surface area contributed by atoms with Crippen molar-refractivity contribution in [1.29, 1.82) is 0 Å². The van der Waals surface area contributed by atoms with Gasteiger partial charge in [-0.3, -0.25) is 0 Å². The average Bonchev–Trinajstić information content (AvgIpc) is 2.27. The standard InChI is InChI=1S/C12H11O2/c1-13-10-6-7-11-9(8-10)4-3-5-12(11)14-2/h3-4,6-8H,1-2H3. The van der Waals surface area contributed by atoms with Crippen molar-refractivity contribution in [2.45, 2.75) is 0 Å². The van der Waals surface area contributed by atoms with E-state index in [2.05, 4.69) is 6.07 Å². The van der Waals surface area contributed by atoms with Crippen LogP contribution >= 0.6 is 0 Å².